The van der Waals surface area contributed by atoms with E-state index in [-0.39, 0.29) is 0 Å². The van der Waals surface area contributed by atoms with Gasteiger partial charge >= 0.3 is 0 Å². The Morgan fingerprint density at radius 1 is 1.24 bits per heavy atom. The van der Waals surface area contributed by atoms with Crippen LogP contribution in [0.25, 0.3) is 10.9 Å². The van der Waals surface area contributed by atoms with E-state index in [1.165, 1.54) is 0 Å². The molecule has 0 aliphatic rings. The molecule has 0 amide bonds. The number of methoxy groups -OCH3 is 1. The van der Waals surface area contributed by atoms with Crippen LogP contribution < -0.4 is 4.74 Å². The lowest BCUT2D eigenvalue weighted by Gasteiger charge is -2.09. The lowest BCUT2D eigenvalue weighted by molar-refractivity contribution is 0.413. The first-order chi connectivity index (χ1) is 10.2. The Morgan fingerprint density at radius 2 is 2.10 bits per heavy atom. The van der Waals surface area contributed by atoms with E-state index in [1.807, 2.05) is 42.6 Å². The summed E-state index contributed by atoms with van der Waals surface area (Å²) < 4.78 is 7.35. The van der Waals surface area contributed by atoms with Gasteiger partial charge < -0.3 is 9.30 Å². The number of benzene rings is 2. The summed E-state index contributed by atoms with van der Waals surface area (Å²) in [5.41, 5.74) is 2.61. The molecule has 0 N–H and O–H groups in total. The number of hydrogen-bond acceptors (Lipinski definition) is 2. The average Bonchev–Trinajstić information content (AvgIpc) is 2.91. The minimum absolute atomic E-state index is 0.539. The highest BCUT2D eigenvalue weighted by Gasteiger charge is 2.08. The number of aromatic nitrogens is 1. The first kappa shape index (κ1) is 13.5. The van der Waals surface area contributed by atoms with Gasteiger partial charge in [-0.05, 0) is 29.8 Å². The van der Waals surface area contributed by atoms with Gasteiger partial charge in [0.15, 0.2) is 0 Å². The van der Waals surface area contributed by atoms with Gasteiger partial charge in [-0.2, -0.15) is 5.26 Å². The number of fused-ring (bicyclic) bond motifs is 1. The maximum atomic E-state index is 9.02. The van der Waals surface area contributed by atoms with Gasteiger partial charge in [-0.3, -0.25) is 0 Å². The summed E-state index contributed by atoms with van der Waals surface area (Å²) in [4.78, 5) is 0. The number of nitriles is 1. The van der Waals surface area contributed by atoms with Crippen LogP contribution in [0.4, 0.5) is 0 Å². The normalized spacial score (nSPS) is 10.5. The molecule has 0 aliphatic carbocycles. The lowest BCUT2D eigenvalue weighted by Crippen LogP contribution is -1.99. The van der Waals surface area contributed by atoms with Gasteiger partial charge in [0.1, 0.15) is 11.8 Å². The fourth-order valence-electron chi connectivity index (χ4n) is 2.47. The molecule has 1 aromatic heterocycles. The topological polar surface area (TPSA) is 38.0 Å². The molecule has 0 unspecified atom stereocenters. The second kappa shape index (κ2) is 5.51. The van der Waals surface area contributed by atoms with Crippen LogP contribution >= 0.6 is 11.6 Å². The Bertz CT molecular complexity index is 846. The summed E-state index contributed by atoms with van der Waals surface area (Å²) in [7, 11) is 1.57. The van der Waals surface area contributed by atoms with Crippen molar-refractivity contribution in [1.82, 2.24) is 4.57 Å². The predicted octanol–water partition coefficient (Wildman–Crippen LogP) is 4.22. The summed E-state index contributed by atoms with van der Waals surface area (Å²) in [6.45, 7) is 0.676. The van der Waals surface area contributed by atoms with Crippen molar-refractivity contribution in [2.75, 3.05) is 7.11 Å². The third-order valence-corrected chi connectivity index (χ3v) is 3.78. The molecule has 2 aromatic carbocycles. The Labute approximate surface area is 127 Å². The third kappa shape index (κ3) is 2.46. The standard InChI is InChI=1S/C17H13ClN2O/c1-21-16-9-12(5-6-14(16)10-19)11-20-8-7-13-3-2-4-15(18)17(13)20/h2-9H,11H2,1H3. The molecule has 0 fully saturated rings. The third-order valence-electron chi connectivity index (χ3n) is 3.48. The Hall–Kier alpha value is -2.44. The Morgan fingerprint density at radius 3 is 2.86 bits per heavy atom. The molecule has 0 radical (unpaired) electrons. The summed E-state index contributed by atoms with van der Waals surface area (Å²) in [6.07, 6.45) is 2.02. The van der Waals surface area contributed by atoms with E-state index < -0.39 is 0 Å². The van der Waals surface area contributed by atoms with Crippen LogP contribution in [0.15, 0.2) is 48.7 Å². The fraction of sp³-hybridized carbons (Fsp3) is 0.118. The highest BCUT2D eigenvalue weighted by Crippen LogP contribution is 2.26. The van der Waals surface area contributed by atoms with Crippen LogP contribution in [0.1, 0.15) is 11.1 Å². The molecule has 0 aliphatic heterocycles. The van der Waals surface area contributed by atoms with Crippen LogP contribution in [0.5, 0.6) is 5.75 Å². The van der Waals surface area contributed by atoms with Crippen molar-refractivity contribution >= 4 is 22.5 Å². The van der Waals surface area contributed by atoms with E-state index in [0.717, 1.165) is 21.5 Å². The number of ether oxygens (including phenoxy) is 1. The monoisotopic (exact) mass is 296 g/mol. The van der Waals surface area contributed by atoms with E-state index in [2.05, 4.69) is 10.6 Å². The second-order valence-electron chi connectivity index (χ2n) is 4.77. The van der Waals surface area contributed by atoms with Crippen molar-refractivity contribution in [2.24, 2.45) is 0 Å². The number of nitrogens with zero attached hydrogens (tertiary/aromatic N) is 2. The minimum atomic E-state index is 0.539. The van der Waals surface area contributed by atoms with Gasteiger partial charge in [0, 0.05) is 18.1 Å². The van der Waals surface area contributed by atoms with E-state index in [4.69, 9.17) is 21.6 Å². The first-order valence-corrected chi connectivity index (χ1v) is 6.91. The first-order valence-electron chi connectivity index (χ1n) is 6.53. The van der Waals surface area contributed by atoms with Gasteiger partial charge in [0.05, 0.1) is 23.2 Å². The highest BCUT2D eigenvalue weighted by molar-refractivity contribution is 6.35. The van der Waals surface area contributed by atoms with E-state index in [9.17, 15) is 0 Å². The van der Waals surface area contributed by atoms with Crippen molar-refractivity contribution in [1.29, 1.82) is 5.26 Å². The van der Waals surface area contributed by atoms with Crippen LogP contribution in [0.3, 0.4) is 0 Å². The number of rotatable bonds is 3. The van der Waals surface area contributed by atoms with Gasteiger partial charge in [-0.15, -0.1) is 0 Å². The SMILES string of the molecule is COc1cc(Cn2ccc3cccc(Cl)c32)ccc1C#N. The molecule has 104 valence electrons. The second-order valence-corrected chi connectivity index (χ2v) is 5.17. The maximum Gasteiger partial charge on any atom is 0.136 e. The summed E-state index contributed by atoms with van der Waals surface area (Å²) >= 11 is 6.29. The lowest BCUT2D eigenvalue weighted by atomic mass is 10.1. The summed E-state index contributed by atoms with van der Waals surface area (Å²) in [6, 6.07) is 15.6. The number of hydrogen-bond donors (Lipinski definition) is 0. The Balaban J connectivity index is 2.01. The zero-order valence-corrected chi connectivity index (χ0v) is 12.3. The molecule has 3 rings (SSSR count). The van der Waals surface area contributed by atoms with Gasteiger partial charge in [0.2, 0.25) is 0 Å². The minimum Gasteiger partial charge on any atom is -0.495 e. The fourth-order valence-corrected chi connectivity index (χ4v) is 2.76. The van der Waals surface area contributed by atoms with Crippen molar-refractivity contribution in [3.8, 4) is 11.8 Å². The summed E-state index contributed by atoms with van der Waals surface area (Å²) in [5.74, 6) is 0.595. The smallest absolute Gasteiger partial charge is 0.136 e. The molecule has 3 nitrogen and oxygen atoms in total. The zero-order chi connectivity index (χ0) is 14.8. The van der Waals surface area contributed by atoms with Gasteiger partial charge in [-0.1, -0.05) is 29.8 Å². The number of halogens is 1. The molecular weight excluding hydrogens is 284 g/mol. The molecule has 4 heteroatoms. The predicted molar refractivity (Wildman–Crippen MR) is 83.8 cm³/mol. The molecule has 0 spiro atoms. The molecular formula is C17H13ClN2O. The average molecular weight is 297 g/mol. The van der Waals surface area contributed by atoms with Crippen molar-refractivity contribution in [3.05, 3.63) is 64.8 Å². The van der Waals surface area contributed by atoms with E-state index in [0.29, 0.717) is 17.9 Å². The summed E-state index contributed by atoms with van der Waals surface area (Å²) in [5, 5.41) is 10.9. The van der Waals surface area contributed by atoms with E-state index >= 15 is 0 Å². The van der Waals surface area contributed by atoms with Crippen molar-refractivity contribution in [3.63, 3.8) is 0 Å². The molecule has 21 heavy (non-hydrogen) atoms. The Kier molecular flexibility index (Phi) is 3.55. The largest absolute Gasteiger partial charge is 0.495 e. The maximum absolute atomic E-state index is 9.02. The highest BCUT2D eigenvalue weighted by atomic mass is 35.5. The van der Waals surface area contributed by atoms with Crippen LogP contribution in [-0.2, 0) is 6.54 Å². The zero-order valence-electron chi connectivity index (χ0n) is 11.5. The van der Waals surface area contributed by atoms with Crippen LogP contribution in [0, 0.1) is 11.3 Å². The van der Waals surface area contributed by atoms with Crippen molar-refractivity contribution in [2.45, 2.75) is 6.54 Å². The van der Waals surface area contributed by atoms with Crippen molar-refractivity contribution < 1.29 is 4.74 Å². The van der Waals surface area contributed by atoms with Gasteiger partial charge in [0.25, 0.3) is 0 Å². The molecule has 0 atom stereocenters. The molecule has 0 saturated carbocycles. The molecule has 0 saturated heterocycles. The number of para-hydroxylation sites is 1. The molecule has 1 heterocycles. The van der Waals surface area contributed by atoms with Crippen LogP contribution in [0.2, 0.25) is 5.02 Å². The molecule has 0 bridgehead atoms. The quantitative estimate of drug-likeness (QED) is 0.725. The van der Waals surface area contributed by atoms with E-state index in [1.54, 1.807) is 13.2 Å². The van der Waals surface area contributed by atoms with Gasteiger partial charge in [-0.25, -0.2) is 0 Å². The van der Waals surface area contributed by atoms with Crippen LogP contribution in [-0.4, -0.2) is 11.7 Å². The molecule has 3 aromatic rings.